The molecule has 0 aromatic rings. The predicted octanol–water partition coefficient (Wildman–Crippen LogP) is 3.82. The average Bonchev–Trinajstić information content (AvgIpc) is 2.56. The van der Waals surface area contributed by atoms with Crippen molar-refractivity contribution in [3.05, 3.63) is 0 Å². The molecule has 0 saturated heterocycles. The third kappa shape index (κ3) is 1.64. The number of rotatable bonds is 2. The maximum absolute atomic E-state index is 11.9. The van der Waals surface area contributed by atoms with Gasteiger partial charge in [0.15, 0.2) is 0 Å². The molecule has 0 heterocycles. The zero-order chi connectivity index (χ0) is 11.1. The van der Waals surface area contributed by atoms with E-state index in [1.807, 2.05) is 0 Å². The van der Waals surface area contributed by atoms with Gasteiger partial charge in [-0.2, -0.15) is 0 Å². The van der Waals surface area contributed by atoms with E-state index in [0.29, 0.717) is 17.1 Å². The first-order chi connectivity index (χ1) is 7.09. The number of carbonyl (C=O) groups excluding carboxylic acids is 1. The van der Waals surface area contributed by atoms with Crippen LogP contribution in [0.1, 0.15) is 59.3 Å². The van der Waals surface area contributed by atoms with Gasteiger partial charge in [0, 0.05) is 12.3 Å². The third-order valence-electron chi connectivity index (χ3n) is 5.27. The van der Waals surface area contributed by atoms with Crippen LogP contribution in [0.15, 0.2) is 0 Å². The Labute approximate surface area is 93.6 Å². The van der Waals surface area contributed by atoms with Crippen LogP contribution in [0.2, 0.25) is 0 Å². The normalized spacial score (nSPS) is 42.7. The summed E-state index contributed by atoms with van der Waals surface area (Å²) in [6.07, 6.45) is 7.01. The molecule has 0 aromatic heterocycles. The van der Waals surface area contributed by atoms with E-state index in [4.69, 9.17) is 0 Å². The second-order valence-corrected chi connectivity index (χ2v) is 5.95. The number of Topliss-reactive ketones (excluding diaryl/α,β-unsaturated/α-hetero) is 1. The van der Waals surface area contributed by atoms with Gasteiger partial charge in [-0.25, -0.2) is 0 Å². The van der Waals surface area contributed by atoms with E-state index in [-0.39, 0.29) is 0 Å². The Morgan fingerprint density at radius 1 is 1.47 bits per heavy atom. The van der Waals surface area contributed by atoms with E-state index in [0.717, 1.165) is 24.7 Å². The summed E-state index contributed by atoms with van der Waals surface area (Å²) in [5.74, 6) is 2.57. The van der Waals surface area contributed by atoms with Crippen molar-refractivity contribution in [2.75, 3.05) is 0 Å². The van der Waals surface area contributed by atoms with Crippen LogP contribution < -0.4 is 0 Å². The fraction of sp³-hybridized carbons (Fsp3) is 0.929. The first-order valence-electron chi connectivity index (χ1n) is 6.62. The van der Waals surface area contributed by atoms with Crippen LogP contribution in [-0.4, -0.2) is 5.78 Å². The molecule has 0 aliphatic heterocycles. The minimum atomic E-state index is 0.352. The first-order valence-corrected chi connectivity index (χ1v) is 6.62. The quantitative estimate of drug-likeness (QED) is 0.674. The molecule has 15 heavy (non-hydrogen) atoms. The highest BCUT2D eigenvalue weighted by atomic mass is 16.1. The summed E-state index contributed by atoms with van der Waals surface area (Å²) >= 11 is 0. The summed E-state index contributed by atoms with van der Waals surface area (Å²) in [5, 5.41) is 0. The molecule has 1 nitrogen and oxygen atoms in total. The smallest absolute Gasteiger partial charge is 0.136 e. The van der Waals surface area contributed by atoms with Crippen molar-refractivity contribution < 1.29 is 4.79 Å². The van der Waals surface area contributed by atoms with Gasteiger partial charge in [0.2, 0.25) is 0 Å². The molecule has 0 amide bonds. The summed E-state index contributed by atoms with van der Waals surface area (Å²) in [4.78, 5) is 11.9. The van der Waals surface area contributed by atoms with E-state index >= 15 is 0 Å². The van der Waals surface area contributed by atoms with Crippen LogP contribution in [0.3, 0.4) is 0 Å². The van der Waals surface area contributed by atoms with E-state index in [2.05, 4.69) is 20.8 Å². The molecule has 2 fully saturated rings. The molecule has 0 N–H and O–H groups in total. The van der Waals surface area contributed by atoms with Gasteiger partial charge in [-0.05, 0) is 42.9 Å². The molecular formula is C14H24O. The SMILES string of the molecule is CC[C@@H](C)C1CC[C@H]2C(=O)CCC[C@]12C. The highest BCUT2D eigenvalue weighted by Crippen LogP contribution is 2.56. The molecular weight excluding hydrogens is 184 g/mol. The Hall–Kier alpha value is -0.330. The lowest BCUT2D eigenvalue weighted by atomic mass is 9.62. The monoisotopic (exact) mass is 208 g/mol. The largest absolute Gasteiger partial charge is 0.299 e. The highest BCUT2D eigenvalue weighted by Gasteiger charge is 2.51. The first kappa shape index (κ1) is 11.2. The lowest BCUT2D eigenvalue weighted by Crippen LogP contribution is -2.39. The van der Waals surface area contributed by atoms with Gasteiger partial charge < -0.3 is 0 Å². The Bertz CT molecular complexity index is 258. The molecule has 86 valence electrons. The summed E-state index contributed by atoms with van der Waals surface area (Å²) in [7, 11) is 0. The molecule has 0 aromatic carbocycles. The molecule has 4 atom stereocenters. The van der Waals surface area contributed by atoms with Crippen LogP contribution in [-0.2, 0) is 4.79 Å². The molecule has 0 spiro atoms. The Balaban J connectivity index is 2.21. The molecule has 2 aliphatic carbocycles. The second-order valence-electron chi connectivity index (χ2n) is 5.95. The minimum absolute atomic E-state index is 0.352. The summed E-state index contributed by atoms with van der Waals surface area (Å²) in [6.45, 7) is 7.04. The lowest BCUT2D eigenvalue weighted by molar-refractivity contribution is -0.130. The maximum atomic E-state index is 11.9. The van der Waals surface area contributed by atoms with Crippen LogP contribution in [0.4, 0.5) is 0 Å². The van der Waals surface area contributed by atoms with Gasteiger partial charge in [-0.15, -0.1) is 0 Å². The zero-order valence-corrected chi connectivity index (χ0v) is 10.4. The third-order valence-corrected chi connectivity index (χ3v) is 5.27. The predicted molar refractivity (Wildman–Crippen MR) is 62.6 cm³/mol. The fourth-order valence-electron chi connectivity index (χ4n) is 4.19. The summed E-state index contributed by atoms with van der Waals surface area (Å²) < 4.78 is 0. The van der Waals surface area contributed by atoms with Gasteiger partial charge in [0.05, 0.1) is 0 Å². The van der Waals surface area contributed by atoms with Gasteiger partial charge in [0.25, 0.3) is 0 Å². The van der Waals surface area contributed by atoms with Gasteiger partial charge in [-0.1, -0.05) is 27.2 Å². The number of ketones is 1. The molecule has 1 unspecified atom stereocenters. The highest BCUT2D eigenvalue weighted by molar-refractivity contribution is 5.83. The number of carbonyl (C=O) groups is 1. The summed E-state index contributed by atoms with van der Waals surface area (Å²) in [6, 6.07) is 0. The minimum Gasteiger partial charge on any atom is -0.299 e. The topological polar surface area (TPSA) is 17.1 Å². The number of fused-ring (bicyclic) bond motifs is 1. The molecule has 2 saturated carbocycles. The van der Waals surface area contributed by atoms with E-state index in [1.165, 1.54) is 25.7 Å². The Kier molecular flexibility index (Phi) is 2.92. The van der Waals surface area contributed by atoms with Crippen molar-refractivity contribution >= 4 is 5.78 Å². The molecule has 2 rings (SSSR count). The van der Waals surface area contributed by atoms with Crippen LogP contribution in [0.5, 0.6) is 0 Å². The Morgan fingerprint density at radius 2 is 2.20 bits per heavy atom. The van der Waals surface area contributed by atoms with Crippen molar-refractivity contribution in [2.45, 2.75) is 59.3 Å². The van der Waals surface area contributed by atoms with Crippen molar-refractivity contribution in [1.29, 1.82) is 0 Å². The van der Waals surface area contributed by atoms with Gasteiger partial charge >= 0.3 is 0 Å². The van der Waals surface area contributed by atoms with Gasteiger partial charge in [-0.3, -0.25) is 4.79 Å². The van der Waals surface area contributed by atoms with Crippen molar-refractivity contribution in [2.24, 2.45) is 23.2 Å². The van der Waals surface area contributed by atoms with Crippen LogP contribution >= 0.6 is 0 Å². The molecule has 0 bridgehead atoms. The average molecular weight is 208 g/mol. The maximum Gasteiger partial charge on any atom is 0.136 e. The standard InChI is InChI=1S/C14H24O/c1-4-10(2)11-7-8-12-13(15)6-5-9-14(11,12)3/h10-12H,4-9H2,1-3H3/t10-,11?,12+,14-/m1/s1. The van der Waals surface area contributed by atoms with E-state index < -0.39 is 0 Å². The summed E-state index contributed by atoms with van der Waals surface area (Å²) in [5.41, 5.74) is 0.352. The molecule has 1 heteroatoms. The number of hydrogen-bond donors (Lipinski definition) is 0. The zero-order valence-electron chi connectivity index (χ0n) is 10.4. The Morgan fingerprint density at radius 3 is 2.87 bits per heavy atom. The van der Waals surface area contributed by atoms with Crippen molar-refractivity contribution in [3.8, 4) is 0 Å². The molecule has 0 radical (unpaired) electrons. The van der Waals surface area contributed by atoms with E-state index in [1.54, 1.807) is 0 Å². The lowest BCUT2D eigenvalue weighted by Gasteiger charge is -2.42. The second kappa shape index (κ2) is 3.92. The van der Waals surface area contributed by atoms with Gasteiger partial charge in [0.1, 0.15) is 5.78 Å². The van der Waals surface area contributed by atoms with E-state index in [9.17, 15) is 4.79 Å². The van der Waals surface area contributed by atoms with Crippen LogP contribution in [0.25, 0.3) is 0 Å². The van der Waals surface area contributed by atoms with Crippen molar-refractivity contribution in [1.82, 2.24) is 0 Å². The fourth-order valence-corrected chi connectivity index (χ4v) is 4.19. The number of hydrogen-bond acceptors (Lipinski definition) is 1. The molecule has 2 aliphatic rings. The van der Waals surface area contributed by atoms with Crippen LogP contribution in [0, 0.1) is 23.2 Å². The van der Waals surface area contributed by atoms with Crippen molar-refractivity contribution in [3.63, 3.8) is 0 Å².